The van der Waals surface area contributed by atoms with Gasteiger partial charge in [-0.1, -0.05) is 60.7 Å². The van der Waals surface area contributed by atoms with E-state index in [1.165, 1.54) is 11.1 Å². The summed E-state index contributed by atoms with van der Waals surface area (Å²) in [5.74, 6) is 0.368. The molecule has 1 heteroatoms. The molecule has 0 heterocycles. The number of rotatable bonds is 4. The van der Waals surface area contributed by atoms with Gasteiger partial charge in [0.1, 0.15) is 0 Å². The zero-order valence-corrected chi connectivity index (χ0v) is 11.1. The van der Waals surface area contributed by atoms with Crippen molar-refractivity contribution in [1.29, 1.82) is 0 Å². The van der Waals surface area contributed by atoms with Crippen molar-refractivity contribution in [3.8, 4) is 0 Å². The Labute approximate surface area is 110 Å². The van der Waals surface area contributed by atoms with Gasteiger partial charge in [-0.3, -0.25) is 0 Å². The standard InChI is InChI=1S/C17H21N/c1-17(2,18)13-16(14-9-5-3-6-10-14)15-11-7-4-8-12-15/h3-12,16H,13,18H2,1-2H3. The summed E-state index contributed by atoms with van der Waals surface area (Å²) >= 11 is 0. The molecule has 94 valence electrons. The van der Waals surface area contributed by atoms with Crippen LogP contribution in [0.25, 0.3) is 0 Å². The quantitative estimate of drug-likeness (QED) is 0.859. The number of nitrogens with two attached hydrogens (primary N) is 1. The van der Waals surface area contributed by atoms with Gasteiger partial charge in [0.25, 0.3) is 0 Å². The fourth-order valence-electron chi connectivity index (χ4n) is 2.32. The van der Waals surface area contributed by atoms with E-state index >= 15 is 0 Å². The Hall–Kier alpha value is -1.60. The second kappa shape index (κ2) is 5.36. The van der Waals surface area contributed by atoms with Crippen molar-refractivity contribution in [3.63, 3.8) is 0 Å². The first kappa shape index (κ1) is 12.8. The van der Waals surface area contributed by atoms with E-state index < -0.39 is 0 Å². The van der Waals surface area contributed by atoms with Crippen molar-refractivity contribution in [3.05, 3.63) is 71.8 Å². The SMILES string of the molecule is CC(C)(N)CC(c1ccccc1)c1ccccc1. The first-order valence-corrected chi connectivity index (χ1v) is 6.45. The van der Waals surface area contributed by atoms with E-state index in [1.807, 2.05) is 0 Å². The molecule has 0 saturated heterocycles. The highest BCUT2D eigenvalue weighted by Crippen LogP contribution is 2.31. The molecule has 2 aromatic rings. The summed E-state index contributed by atoms with van der Waals surface area (Å²) in [6.07, 6.45) is 0.945. The predicted molar refractivity (Wildman–Crippen MR) is 77.6 cm³/mol. The summed E-state index contributed by atoms with van der Waals surface area (Å²) in [6, 6.07) is 21.2. The Kier molecular flexibility index (Phi) is 3.83. The molecule has 2 N–H and O–H groups in total. The monoisotopic (exact) mass is 239 g/mol. The highest BCUT2D eigenvalue weighted by Gasteiger charge is 2.21. The van der Waals surface area contributed by atoms with Crippen LogP contribution < -0.4 is 5.73 Å². The summed E-state index contributed by atoms with van der Waals surface area (Å²) in [7, 11) is 0. The topological polar surface area (TPSA) is 26.0 Å². The van der Waals surface area contributed by atoms with Gasteiger partial charge < -0.3 is 5.73 Å². The van der Waals surface area contributed by atoms with Crippen molar-refractivity contribution in [2.45, 2.75) is 31.7 Å². The molecule has 0 aliphatic heterocycles. The van der Waals surface area contributed by atoms with Crippen molar-refractivity contribution in [2.24, 2.45) is 5.73 Å². The summed E-state index contributed by atoms with van der Waals surface area (Å²) in [5, 5.41) is 0. The van der Waals surface area contributed by atoms with Crippen molar-refractivity contribution in [1.82, 2.24) is 0 Å². The van der Waals surface area contributed by atoms with Gasteiger partial charge >= 0.3 is 0 Å². The molecule has 0 amide bonds. The van der Waals surface area contributed by atoms with E-state index in [2.05, 4.69) is 74.5 Å². The molecule has 0 atom stereocenters. The molecule has 18 heavy (non-hydrogen) atoms. The Morgan fingerprint density at radius 3 is 1.56 bits per heavy atom. The maximum absolute atomic E-state index is 6.21. The van der Waals surface area contributed by atoms with Crippen LogP contribution in [0.5, 0.6) is 0 Å². The predicted octanol–water partition coefficient (Wildman–Crippen LogP) is 3.95. The van der Waals surface area contributed by atoms with Crippen LogP contribution in [0.15, 0.2) is 60.7 Å². The van der Waals surface area contributed by atoms with Crippen LogP contribution in [-0.4, -0.2) is 5.54 Å². The zero-order chi connectivity index (χ0) is 13.0. The highest BCUT2D eigenvalue weighted by atomic mass is 14.7. The maximum atomic E-state index is 6.21. The fraction of sp³-hybridized carbons (Fsp3) is 0.294. The molecule has 0 fully saturated rings. The minimum atomic E-state index is -0.170. The van der Waals surface area contributed by atoms with E-state index in [0.29, 0.717) is 5.92 Å². The first-order valence-electron chi connectivity index (χ1n) is 6.45. The van der Waals surface area contributed by atoms with Crippen LogP contribution in [-0.2, 0) is 0 Å². The maximum Gasteiger partial charge on any atom is 0.0107 e. The van der Waals surface area contributed by atoms with Crippen molar-refractivity contribution < 1.29 is 0 Å². The van der Waals surface area contributed by atoms with Gasteiger partial charge in [-0.2, -0.15) is 0 Å². The lowest BCUT2D eigenvalue weighted by molar-refractivity contribution is 0.449. The van der Waals surface area contributed by atoms with Crippen molar-refractivity contribution >= 4 is 0 Å². The lowest BCUT2D eigenvalue weighted by atomic mass is 9.82. The fourth-order valence-corrected chi connectivity index (χ4v) is 2.32. The highest BCUT2D eigenvalue weighted by molar-refractivity contribution is 5.32. The molecule has 2 rings (SSSR count). The lowest BCUT2D eigenvalue weighted by Gasteiger charge is -2.26. The molecule has 0 aromatic heterocycles. The smallest absolute Gasteiger partial charge is 0.0107 e. The summed E-state index contributed by atoms with van der Waals surface area (Å²) in [5.41, 5.74) is 8.71. The van der Waals surface area contributed by atoms with Crippen LogP contribution in [0.2, 0.25) is 0 Å². The Bertz CT molecular complexity index is 428. The van der Waals surface area contributed by atoms with Crippen LogP contribution in [0, 0.1) is 0 Å². The van der Waals surface area contributed by atoms with E-state index in [4.69, 9.17) is 5.73 Å². The number of hydrogen-bond donors (Lipinski definition) is 1. The average Bonchev–Trinajstić information content (AvgIpc) is 2.37. The molecule has 0 unspecified atom stereocenters. The molecule has 0 bridgehead atoms. The molecular weight excluding hydrogens is 218 g/mol. The van der Waals surface area contributed by atoms with Gasteiger partial charge in [0.05, 0.1) is 0 Å². The second-order valence-electron chi connectivity index (χ2n) is 5.57. The van der Waals surface area contributed by atoms with Gasteiger partial charge in [0.2, 0.25) is 0 Å². The molecule has 0 aliphatic rings. The second-order valence-corrected chi connectivity index (χ2v) is 5.57. The Morgan fingerprint density at radius 1 is 0.833 bits per heavy atom. The normalized spacial score (nSPS) is 11.8. The van der Waals surface area contributed by atoms with Gasteiger partial charge in [-0.05, 0) is 31.4 Å². The van der Waals surface area contributed by atoms with Crippen LogP contribution in [0.1, 0.15) is 37.3 Å². The first-order chi connectivity index (χ1) is 8.56. The third-order valence-electron chi connectivity index (χ3n) is 3.13. The lowest BCUT2D eigenvalue weighted by Crippen LogP contribution is -2.34. The molecule has 0 aliphatic carbocycles. The number of hydrogen-bond acceptors (Lipinski definition) is 1. The van der Waals surface area contributed by atoms with Gasteiger partial charge in [-0.15, -0.1) is 0 Å². The molecule has 0 radical (unpaired) electrons. The summed E-state index contributed by atoms with van der Waals surface area (Å²) in [6.45, 7) is 4.18. The third-order valence-corrected chi connectivity index (χ3v) is 3.13. The molecule has 2 aromatic carbocycles. The van der Waals surface area contributed by atoms with Crippen LogP contribution in [0.4, 0.5) is 0 Å². The van der Waals surface area contributed by atoms with E-state index in [0.717, 1.165) is 6.42 Å². The molecule has 0 spiro atoms. The van der Waals surface area contributed by atoms with Crippen LogP contribution in [0.3, 0.4) is 0 Å². The zero-order valence-electron chi connectivity index (χ0n) is 11.1. The third kappa shape index (κ3) is 3.44. The van der Waals surface area contributed by atoms with Gasteiger partial charge in [0.15, 0.2) is 0 Å². The van der Waals surface area contributed by atoms with E-state index in [-0.39, 0.29) is 5.54 Å². The van der Waals surface area contributed by atoms with Gasteiger partial charge in [-0.25, -0.2) is 0 Å². The summed E-state index contributed by atoms with van der Waals surface area (Å²) in [4.78, 5) is 0. The molecule has 1 nitrogen and oxygen atoms in total. The average molecular weight is 239 g/mol. The number of benzene rings is 2. The van der Waals surface area contributed by atoms with Gasteiger partial charge in [0, 0.05) is 11.5 Å². The summed E-state index contributed by atoms with van der Waals surface area (Å²) < 4.78 is 0. The largest absolute Gasteiger partial charge is 0.326 e. The van der Waals surface area contributed by atoms with Crippen LogP contribution >= 0.6 is 0 Å². The van der Waals surface area contributed by atoms with Crippen molar-refractivity contribution in [2.75, 3.05) is 0 Å². The van der Waals surface area contributed by atoms with E-state index in [1.54, 1.807) is 0 Å². The Balaban J connectivity index is 2.36. The van der Waals surface area contributed by atoms with E-state index in [9.17, 15) is 0 Å². The Morgan fingerprint density at radius 2 is 1.22 bits per heavy atom. The molecular formula is C17H21N. The minimum absolute atomic E-state index is 0.170. The minimum Gasteiger partial charge on any atom is -0.326 e. The molecule has 0 saturated carbocycles.